The molecule has 0 amide bonds. The number of halogens is 5. The van der Waals surface area contributed by atoms with E-state index in [1.54, 1.807) is 0 Å². The molecule has 0 bridgehead atoms. The van der Waals surface area contributed by atoms with Crippen LogP contribution in [-0.4, -0.2) is 42.1 Å². The highest BCUT2D eigenvalue weighted by molar-refractivity contribution is 6.31. The molecule has 0 aromatic heterocycles. The molecule has 32 heavy (non-hydrogen) atoms. The molecule has 0 saturated carbocycles. The predicted molar refractivity (Wildman–Crippen MR) is 107 cm³/mol. The van der Waals surface area contributed by atoms with E-state index in [-0.39, 0.29) is 32.5 Å². The zero-order valence-electron chi connectivity index (χ0n) is 16.3. The van der Waals surface area contributed by atoms with Crippen LogP contribution in [0.25, 0.3) is 0 Å². The van der Waals surface area contributed by atoms with Crippen LogP contribution in [0.1, 0.15) is 23.7 Å². The number of benzene rings is 2. The highest BCUT2D eigenvalue weighted by atomic mass is 35.5. The number of nitrogens with zero attached hydrogens (tertiary/aromatic N) is 1. The summed E-state index contributed by atoms with van der Waals surface area (Å²) in [5, 5.41) is 25.2. The van der Waals surface area contributed by atoms with Gasteiger partial charge >= 0.3 is 12.1 Å². The molecule has 3 rings (SSSR count). The number of rotatable bonds is 4. The number of hydrogen-bond donors (Lipinski definition) is 3. The molecule has 0 fully saturated rings. The summed E-state index contributed by atoms with van der Waals surface area (Å²) in [5.41, 5.74) is -0.574. The molecule has 170 valence electrons. The highest BCUT2D eigenvalue weighted by Crippen LogP contribution is 2.43. The minimum atomic E-state index is -5.17. The van der Waals surface area contributed by atoms with Gasteiger partial charge in [0.05, 0.1) is 19.2 Å². The quantitative estimate of drug-likeness (QED) is 0.337. The Balaban J connectivity index is 2.30. The van der Waals surface area contributed by atoms with Crippen molar-refractivity contribution in [2.24, 2.45) is 0 Å². The van der Waals surface area contributed by atoms with Crippen molar-refractivity contribution in [1.82, 2.24) is 0 Å². The Kier molecular flexibility index (Phi) is 6.42. The van der Waals surface area contributed by atoms with Gasteiger partial charge in [-0.2, -0.15) is 13.2 Å². The van der Waals surface area contributed by atoms with E-state index in [0.717, 1.165) is 6.07 Å². The Morgan fingerprint density at radius 3 is 2.56 bits per heavy atom. The number of methoxy groups -OCH3 is 1. The molecule has 2 aromatic rings. The third-order valence-electron chi connectivity index (χ3n) is 4.71. The monoisotopic (exact) mass is 473 g/mol. The van der Waals surface area contributed by atoms with Crippen molar-refractivity contribution in [1.29, 1.82) is 10.8 Å². The third kappa shape index (κ3) is 4.39. The van der Waals surface area contributed by atoms with E-state index in [1.807, 2.05) is 0 Å². The smallest absolute Gasteiger partial charge is 0.449 e. The maximum Gasteiger partial charge on any atom is 0.449 e. The summed E-state index contributed by atoms with van der Waals surface area (Å²) in [6.07, 6.45) is -9.26. The molecule has 1 heterocycles. The lowest BCUT2D eigenvalue weighted by Gasteiger charge is -2.28. The average molecular weight is 474 g/mol. The zero-order valence-corrected chi connectivity index (χ0v) is 17.1. The van der Waals surface area contributed by atoms with E-state index in [9.17, 15) is 23.1 Å². The molecule has 3 N–H and O–H groups in total. The highest BCUT2D eigenvalue weighted by Gasteiger charge is 2.46. The van der Waals surface area contributed by atoms with Gasteiger partial charge in [0.1, 0.15) is 18.0 Å². The lowest BCUT2D eigenvalue weighted by molar-refractivity contribution is -0.139. The summed E-state index contributed by atoms with van der Waals surface area (Å²) >= 11 is 6.04. The molecule has 1 aliphatic rings. The largest absolute Gasteiger partial charge is 0.494 e. The van der Waals surface area contributed by atoms with Gasteiger partial charge in [0.25, 0.3) is 0 Å². The summed E-state index contributed by atoms with van der Waals surface area (Å²) in [4.78, 5) is 11.6. The van der Waals surface area contributed by atoms with E-state index < -0.39 is 48.3 Å². The lowest BCUT2D eigenvalue weighted by Crippen LogP contribution is -2.48. The van der Waals surface area contributed by atoms with E-state index in [4.69, 9.17) is 31.9 Å². The van der Waals surface area contributed by atoms with Gasteiger partial charge in [-0.3, -0.25) is 20.5 Å². The van der Waals surface area contributed by atoms with Crippen LogP contribution in [0.4, 0.5) is 23.2 Å². The first-order valence-corrected chi connectivity index (χ1v) is 9.37. The predicted octanol–water partition coefficient (Wildman–Crippen LogP) is 4.77. The van der Waals surface area contributed by atoms with Crippen LogP contribution in [0.2, 0.25) is 5.02 Å². The fourth-order valence-corrected chi connectivity index (χ4v) is 3.50. The van der Waals surface area contributed by atoms with Crippen LogP contribution in [0.3, 0.4) is 0 Å². The van der Waals surface area contributed by atoms with Gasteiger partial charge in [0.15, 0.2) is 11.6 Å². The number of alkyl halides is 3. The average Bonchev–Trinajstić information content (AvgIpc) is 2.81. The van der Waals surface area contributed by atoms with E-state index >= 15 is 4.39 Å². The molecule has 0 saturated heterocycles. The normalized spacial score (nSPS) is 18.7. The number of hydrogen-bond acceptors (Lipinski definition) is 5. The SMILES string of the molecule is COc1cccc(C2O[C@@H](CC(=O)O)C(=N)N(C(=N)C(F)(F)F)c3ccc(Cl)cc32)c1F. The Hall–Kier alpha value is -3.18. The molecule has 1 aliphatic heterocycles. The Labute approximate surface area is 184 Å². The van der Waals surface area contributed by atoms with Crippen molar-refractivity contribution < 1.29 is 36.9 Å². The number of fused-ring (bicyclic) bond motifs is 1. The first-order chi connectivity index (χ1) is 15.0. The fourth-order valence-electron chi connectivity index (χ4n) is 3.31. The first kappa shape index (κ1) is 23.5. The molecule has 12 heteroatoms. The molecule has 1 unspecified atom stereocenters. The van der Waals surface area contributed by atoms with Crippen molar-refractivity contribution in [2.75, 3.05) is 12.0 Å². The van der Waals surface area contributed by atoms with Crippen molar-refractivity contribution in [3.8, 4) is 5.75 Å². The molecular weight excluding hydrogens is 458 g/mol. The number of carboxylic acids is 1. The minimum Gasteiger partial charge on any atom is -0.494 e. The van der Waals surface area contributed by atoms with Crippen molar-refractivity contribution in [3.63, 3.8) is 0 Å². The third-order valence-corrected chi connectivity index (χ3v) is 4.94. The second-order valence-corrected chi connectivity index (χ2v) is 7.17. The van der Waals surface area contributed by atoms with Gasteiger partial charge in [-0.15, -0.1) is 0 Å². The van der Waals surface area contributed by atoms with Gasteiger partial charge in [0.2, 0.25) is 5.84 Å². The number of anilines is 1. The van der Waals surface area contributed by atoms with Gasteiger partial charge in [-0.25, -0.2) is 4.39 Å². The fraction of sp³-hybridized carbons (Fsp3) is 0.250. The second-order valence-electron chi connectivity index (χ2n) is 6.74. The number of amidine groups is 2. The van der Waals surface area contributed by atoms with E-state index in [2.05, 4.69) is 0 Å². The summed E-state index contributed by atoms with van der Waals surface area (Å²) in [5.74, 6) is -5.40. The van der Waals surface area contributed by atoms with Crippen LogP contribution >= 0.6 is 11.6 Å². The lowest BCUT2D eigenvalue weighted by atomic mass is 9.98. The number of nitrogens with one attached hydrogen (secondary N) is 2. The Morgan fingerprint density at radius 2 is 1.97 bits per heavy atom. The molecular formula is C20H16ClF4N3O4. The minimum absolute atomic E-state index is 0.0716. The number of carboxylic acid groups (broad SMARTS) is 1. The van der Waals surface area contributed by atoms with Gasteiger partial charge in [-0.05, 0) is 24.3 Å². The Morgan fingerprint density at radius 1 is 1.28 bits per heavy atom. The summed E-state index contributed by atoms with van der Waals surface area (Å²) < 4.78 is 66.1. The first-order valence-electron chi connectivity index (χ1n) is 8.99. The van der Waals surface area contributed by atoms with Gasteiger partial charge in [-0.1, -0.05) is 23.7 Å². The summed E-state index contributed by atoms with van der Waals surface area (Å²) in [6.45, 7) is 0. The van der Waals surface area contributed by atoms with Gasteiger partial charge < -0.3 is 14.6 Å². The zero-order chi connectivity index (χ0) is 23.8. The maximum atomic E-state index is 15.1. The van der Waals surface area contributed by atoms with Crippen LogP contribution in [0.15, 0.2) is 36.4 Å². The summed E-state index contributed by atoms with van der Waals surface area (Å²) in [6, 6.07) is 7.61. The molecule has 0 radical (unpaired) electrons. The summed E-state index contributed by atoms with van der Waals surface area (Å²) in [7, 11) is 1.22. The van der Waals surface area contributed by atoms with Crippen LogP contribution in [-0.2, 0) is 9.53 Å². The van der Waals surface area contributed by atoms with Crippen molar-refractivity contribution in [3.05, 3.63) is 58.4 Å². The van der Waals surface area contributed by atoms with Crippen LogP contribution in [0, 0.1) is 16.6 Å². The van der Waals surface area contributed by atoms with Crippen molar-refractivity contribution in [2.45, 2.75) is 24.8 Å². The topological polar surface area (TPSA) is 107 Å². The standard InChI is InChI=1S/C20H16ClF4N3O4/c1-31-13-4-2-3-10(16(13)22)17-11-7-9(21)5-6-12(11)28(19(27)20(23,24)25)18(26)14(32-17)8-15(29)30/h2-7,14,17,26-27H,8H2,1H3,(H,29,30)/t14-,17?/m0/s1. The van der Waals surface area contributed by atoms with Crippen molar-refractivity contribution >= 4 is 34.9 Å². The van der Waals surface area contributed by atoms with Gasteiger partial charge in [0, 0.05) is 16.1 Å². The number of ether oxygens (including phenoxy) is 2. The second kappa shape index (κ2) is 8.75. The molecule has 2 atom stereocenters. The maximum absolute atomic E-state index is 15.1. The Bertz CT molecular complexity index is 1090. The van der Waals surface area contributed by atoms with Crippen LogP contribution in [0.5, 0.6) is 5.75 Å². The van der Waals surface area contributed by atoms with Crippen LogP contribution < -0.4 is 9.64 Å². The number of aliphatic carboxylic acids is 1. The molecule has 0 spiro atoms. The molecule has 7 nitrogen and oxygen atoms in total. The molecule has 0 aliphatic carbocycles. The van der Waals surface area contributed by atoms with E-state index in [1.165, 1.54) is 37.4 Å². The number of carbonyl (C=O) groups is 1. The van der Waals surface area contributed by atoms with E-state index in [0.29, 0.717) is 0 Å². The molecule has 2 aromatic carbocycles.